The summed E-state index contributed by atoms with van der Waals surface area (Å²) in [6.07, 6.45) is 1.45. The van der Waals surface area contributed by atoms with Gasteiger partial charge in [-0.2, -0.15) is 0 Å². The predicted molar refractivity (Wildman–Crippen MR) is 107 cm³/mol. The number of esters is 1. The van der Waals surface area contributed by atoms with Crippen LogP contribution in [0.2, 0.25) is 5.02 Å². The van der Waals surface area contributed by atoms with E-state index < -0.39 is 27.9 Å². The Bertz CT molecular complexity index is 958. The van der Waals surface area contributed by atoms with Crippen LogP contribution in [-0.2, 0) is 24.1 Å². The summed E-state index contributed by atoms with van der Waals surface area (Å²) in [7, 11) is -3.43. The minimum atomic E-state index is -3.43. The van der Waals surface area contributed by atoms with Crippen molar-refractivity contribution < 1.29 is 32.3 Å². The number of benzene rings is 1. The van der Waals surface area contributed by atoms with Crippen molar-refractivity contribution in [3.8, 4) is 0 Å². The molecular formula is C19H23ClN2O7S. The average Bonchev–Trinajstić information content (AvgIpc) is 3.08. The topological polar surface area (TPSA) is 110 Å². The maximum atomic E-state index is 12.8. The van der Waals surface area contributed by atoms with Gasteiger partial charge in [-0.25, -0.2) is 18.0 Å². The molecule has 0 aromatic heterocycles. The molecule has 0 spiro atoms. The SMILES string of the molecule is CCOC(=O)C1COC(=O)N1C1CCN(C(=O)c2ccc(S(C)(=O)=O)cc2Cl)CC1. The number of sulfone groups is 1. The van der Waals surface area contributed by atoms with E-state index in [9.17, 15) is 22.8 Å². The van der Waals surface area contributed by atoms with Crippen LogP contribution in [0.5, 0.6) is 0 Å². The van der Waals surface area contributed by atoms with Gasteiger partial charge in [0.25, 0.3) is 5.91 Å². The summed E-state index contributed by atoms with van der Waals surface area (Å²) >= 11 is 6.15. The molecule has 0 saturated carbocycles. The third-order valence-electron chi connectivity index (χ3n) is 5.21. The number of nitrogens with zero attached hydrogens (tertiary/aromatic N) is 2. The maximum Gasteiger partial charge on any atom is 0.410 e. The maximum absolute atomic E-state index is 12.8. The fraction of sp³-hybridized carbons (Fsp3) is 0.526. The molecule has 11 heteroatoms. The average molecular weight is 459 g/mol. The van der Waals surface area contributed by atoms with E-state index in [2.05, 4.69) is 0 Å². The van der Waals surface area contributed by atoms with Gasteiger partial charge in [0.15, 0.2) is 15.9 Å². The van der Waals surface area contributed by atoms with Gasteiger partial charge in [0.1, 0.15) is 6.61 Å². The molecule has 2 amide bonds. The normalized spacial score (nSPS) is 20.2. The van der Waals surface area contributed by atoms with Crippen molar-refractivity contribution in [2.75, 3.05) is 32.6 Å². The van der Waals surface area contributed by atoms with Crippen LogP contribution >= 0.6 is 11.6 Å². The fourth-order valence-electron chi connectivity index (χ4n) is 3.67. The largest absolute Gasteiger partial charge is 0.464 e. The van der Waals surface area contributed by atoms with Crippen molar-refractivity contribution in [1.82, 2.24) is 9.80 Å². The van der Waals surface area contributed by atoms with Gasteiger partial charge in [-0.1, -0.05) is 11.6 Å². The molecular weight excluding hydrogens is 436 g/mol. The van der Waals surface area contributed by atoms with Crippen molar-refractivity contribution in [3.05, 3.63) is 28.8 Å². The third kappa shape index (κ3) is 4.54. The Balaban J connectivity index is 1.67. The van der Waals surface area contributed by atoms with Gasteiger partial charge in [-0.05, 0) is 38.0 Å². The van der Waals surface area contributed by atoms with Gasteiger partial charge < -0.3 is 14.4 Å². The van der Waals surface area contributed by atoms with Crippen molar-refractivity contribution in [1.29, 1.82) is 0 Å². The molecule has 2 aliphatic heterocycles. The molecule has 1 unspecified atom stereocenters. The highest BCUT2D eigenvalue weighted by atomic mass is 35.5. The molecule has 3 rings (SSSR count). The summed E-state index contributed by atoms with van der Waals surface area (Å²) in [6.45, 7) is 2.57. The van der Waals surface area contributed by atoms with Crippen LogP contribution in [0.25, 0.3) is 0 Å². The number of carbonyl (C=O) groups excluding carboxylic acids is 3. The third-order valence-corrected chi connectivity index (χ3v) is 6.64. The van der Waals surface area contributed by atoms with E-state index in [1.165, 1.54) is 23.1 Å². The number of likely N-dealkylation sites (tertiary alicyclic amines) is 1. The highest BCUT2D eigenvalue weighted by molar-refractivity contribution is 7.90. The number of amides is 2. The molecule has 0 bridgehead atoms. The molecule has 1 atom stereocenters. The van der Waals surface area contributed by atoms with Gasteiger partial charge in [0.2, 0.25) is 0 Å². The minimum absolute atomic E-state index is 0.0420. The molecule has 1 aromatic carbocycles. The van der Waals surface area contributed by atoms with E-state index in [4.69, 9.17) is 21.1 Å². The Morgan fingerprint density at radius 2 is 1.93 bits per heavy atom. The zero-order valence-corrected chi connectivity index (χ0v) is 18.2. The van der Waals surface area contributed by atoms with Crippen molar-refractivity contribution in [2.45, 2.75) is 36.7 Å². The standard InChI is InChI=1S/C19H23ClN2O7S/c1-3-28-18(24)16-11-29-19(25)22(16)12-6-8-21(9-7-12)17(23)14-5-4-13(10-15(14)20)30(2,26)27/h4-5,10,12,16H,3,6-9,11H2,1-2H3. The van der Waals surface area contributed by atoms with E-state index in [0.29, 0.717) is 25.9 Å². The fourth-order valence-corrected chi connectivity index (χ4v) is 4.65. The number of piperidine rings is 1. The number of carbonyl (C=O) groups is 3. The molecule has 0 aliphatic carbocycles. The van der Waals surface area contributed by atoms with Crippen molar-refractivity contribution in [3.63, 3.8) is 0 Å². The number of ether oxygens (including phenoxy) is 2. The molecule has 2 saturated heterocycles. The van der Waals surface area contributed by atoms with E-state index in [-0.39, 0.29) is 40.6 Å². The Morgan fingerprint density at radius 1 is 1.27 bits per heavy atom. The zero-order chi connectivity index (χ0) is 22.1. The predicted octanol–water partition coefficient (Wildman–Crippen LogP) is 1.73. The summed E-state index contributed by atoms with van der Waals surface area (Å²) in [5.41, 5.74) is 0.215. The lowest BCUT2D eigenvalue weighted by molar-refractivity contribution is -0.148. The second kappa shape index (κ2) is 8.81. The molecule has 1 aromatic rings. The van der Waals surface area contributed by atoms with Gasteiger partial charge >= 0.3 is 12.1 Å². The second-order valence-electron chi connectivity index (χ2n) is 7.19. The van der Waals surface area contributed by atoms with E-state index in [0.717, 1.165) is 6.26 Å². The van der Waals surface area contributed by atoms with E-state index >= 15 is 0 Å². The summed E-state index contributed by atoms with van der Waals surface area (Å²) in [5, 5.41) is 0.0653. The van der Waals surface area contributed by atoms with Crippen molar-refractivity contribution in [2.24, 2.45) is 0 Å². The van der Waals surface area contributed by atoms with Gasteiger partial charge in [-0.3, -0.25) is 9.69 Å². The lowest BCUT2D eigenvalue weighted by Gasteiger charge is -2.37. The molecule has 164 valence electrons. The second-order valence-corrected chi connectivity index (χ2v) is 9.61. The van der Waals surface area contributed by atoms with Crippen LogP contribution in [-0.4, -0.2) is 80.8 Å². The Hall–Kier alpha value is -2.33. The number of hydrogen-bond acceptors (Lipinski definition) is 7. The van der Waals surface area contributed by atoms with Crippen LogP contribution in [0.15, 0.2) is 23.1 Å². The van der Waals surface area contributed by atoms with Gasteiger partial charge in [0.05, 0.1) is 22.1 Å². The lowest BCUT2D eigenvalue weighted by Crippen LogP contribution is -2.52. The summed E-state index contributed by atoms with van der Waals surface area (Å²) in [4.78, 5) is 40.1. The molecule has 9 nitrogen and oxygen atoms in total. The number of cyclic esters (lactones) is 1. The number of hydrogen-bond donors (Lipinski definition) is 0. The Kier molecular flexibility index (Phi) is 6.56. The van der Waals surface area contributed by atoms with Crippen LogP contribution in [0.3, 0.4) is 0 Å². The molecule has 2 aliphatic rings. The van der Waals surface area contributed by atoms with Gasteiger partial charge in [-0.15, -0.1) is 0 Å². The van der Waals surface area contributed by atoms with E-state index in [1.54, 1.807) is 11.8 Å². The van der Waals surface area contributed by atoms with Crippen LogP contribution < -0.4 is 0 Å². The summed E-state index contributed by atoms with van der Waals surface area (Å²) < 4.78 is 33.3. The first-order chi connectivity index (χ1) is 14.1. The van der Waals surface area contributed by atoms with Crippen LogP contribution in [0.4, 0.5) is 4.79 Å². The molecule has 30 heavy (non-hydrogen) atoms. The molecule has 2 heterocycles. The van der Waals surface area contributed by atoms with Gasteiger partial charge in [0, 0.05) is 25.4 Å². The highest BCUT2D eigenvalue weighted by Crippen LogP contribution is 2.27. The lowest BCUT2D eigenvalue weighted by atomic mass is 10.0. The monoisotopic (exact) mass is 458 g/mol. The first kappa shape index (κ1) is 22.4. The summed E-state index contributed by atoms with van der Waals surface area (Å²) in [5.74, 6) is -0.816. The number of halogens is 1. The first-order valence-electron chi connectivity index (χ1n) is 9.54. The van der Waals surface area contributed by atoms with Crippen LogP contribution in [0, 0.1) is 0 Å². The van der Waals surface area contributed by atoms with Crippen LogP contribution in [0.1, 0.15) is 30.1 Å². The zero-order valence-electron chi connectivity index (χ0n) is 16.7. The molecule has 0 radical (unpaired) electrons. The highest BCUT2D eigenvalue weighted by Gasteiger charge is 2.44. The molecule has 0 N–H and O–H groups in total. The Morgan fingerprint density at radius 3 is 2.50 bits per heavy atom. The Labute approximate surface area is 179 Å². The first-order valence-corrected chi connectivity index (χ1v) is 11.8. The quantitative estimate of drug-likeness (QED) is 0.618. The minimum Gasteiger partial charge on any atom is -0.464 e. The summed E-state index contributed by atoms with van der Waals surface area (Å²) in [6, 6.07) is 3.00. The smallest absolute Gasteiger partial charge is 0.410 e. The van der Waals surface area contributed by atoms with Crippen molar-refractivity contribution >= 4 is 39.4 Å². The molecule has 2 fully saturated rings. The number of rotatable bonds is 5. The van der Waals surface area contributed by atoms with E-state index in [1.807, 2.05) is 0 Å².